The van der Waals surface area contributed by atoms with Crippen molar-refractivity contribution in [3.05, 3.63) is 47.9 Å². The maximum Gasteiger partial charge on any atom is 0.254 e. The minimum Gasteiger partial charge on any atom is -0.353 e. The predicted molar refractivity (Wildman–Crippen MR) is 91.9 cm³/mol. The van der Waals surface area contributed by atoms with Crippen LogP contribution < -0.4 is 4.90 Å². The van der Waals surface area contributed by atoms with Gasteiger partial charge in [-0.15, -0.1) is 0 Å². The Hall–Kier alpha value is -2.48. The summed E-state index contributed by atoms with van der Waals surface area (Å²) in [6.07, 6.45) is 2.68. The first-order valence-electron chi connectivity index (χ1n) is 7.47. The molecule has 0 aliphatic rings. The number of rotatable bonds is 4. The lowest BCUT2D eigenvalue weighted by atomic mass is 10.1. The lowest BCUT2D eigenvalue weighted by Gasteiger charge is -2.27. The molecule has 3 rings (SSSR count). The first-order valence-corrected chi connectivity index (χ1v) is 9.37. The molecule has 0 saturated heterocycles. The van der Waals surface area contributed by atoms with Gasteiger partial charge in [0.25, 0.3) is 5.78 Å². The van der Waals surface area contributed by atoms with E-state index < -0.39 is 9.84 Å². The number of hydrogen-bond donors (Lipinski definition) is 0. The summed E-state index contributed by atoms with van der Waals surface area (Å²) in [7, 11) is -1.23. The number of hydrogen-bond acceptors (Lipinski definition) is 6. The number of benzene rings is 1. The van der Waals surface area contributed by atoms with Gasteiger partial charge in [0.05, 0.1) is 10.9 Å². The monoisotopic (exact) mass is 345 g/mol. The van der Waals surface area contributed by atoms with Crippen molar-refractivity contribution in [2.45, 2.75) is 24.8 Å². The maximum atomic E-state index is 11.6. The number of sulfone groups is 1. The Morgan fingerprint density at radius 1 is 1.21 bits per heavy atom. The van der Waals surface area contributed by atoms with E-state index in [0.717, 1.165) is 17.1 Å². The normalized spacial score (nSPS) is 13.2. The minimum atomic E-state index is -3.19. The van der Waals surface area contributed by atoms with Crippen molar-refractivity contribution in [3.8, 4) is 0 Å². The zero-order valence-electron chi connectivity index (χ0n) is 14.0. The summed E-state index contributed by atoms with van der Waals surface area (Å²) in [5, 5.41) is 4.23. The van der Waals surface area contributed by atoms with Gasteiger partial charge >= 0.3 is 0 Å². The molecule has 0 N–H and O–H groups in total. The molecule has 3 aromatic rings. The molecule has 0 aliphatic carbocycles. The van der Waals surface area contributed by atoms with Crippen LogP contribution in [0.15, 0.2) is 41.6 Å². The van der Waals surface area contributed by atoms with E-state index in [9.17, 15) is 8.42 Å². The summed E-state index contributed by atoms with van der Waals surface area (Å²) >= 11 is 0. The highest BCUT2D eigenvalue weighted by atomic mass is 32.2. The molecule has 2 heterocycles. The number of aryl methyl sites for hydroxylation is 1. The Morgan fingerprint density at radius 2 is 1.88 bits per heavy atom. The van der Waals surface area contributed by atoms with Crippen LogP contribution in [0.5, 0.6) is 0 Å². The molecule has 1 atom stereocenters. The fourth-order valence-electron chi connectivity index (χ4n) is 2.58. The largest absolute Gasteiger partial charge is 0.353 e. The fraction of sp³-hybridized carbons (Fsp3) is 0.312. The second-order valence-corrected chi connectivity index (χ2v) is 7.87. The molecule has 0 spiro atoms. The van der Waals surface area contributed by atoms with Gasteiger partial charge in [-0.1, -0.05) is 12.1 Å². The highest BCUT2D eigenvalue weighted by Gasteiger charge is 2.17. The van der Waals surface area contributed by atoms with Crippen LogP contribution in [0.25, 0.3) is 5.78 Å². The van der Waals surface area contributed by atoms with Crippen LogP contribution in [-0.2, 0) is 9.84 Å². The Labute approximate surface area is 140 Å². The highest BCUT2D eigenvalue weighted by molar-refractivity contribution is 7.90. The topological polar surface area (TPSA) is 80.5 Å². The molecule has 7 nitrogen and oxygen atoms in total. The molecule has 0 fully saturated rings. The van der Waals surface area contributed by atoms with Gasteiger partial charge < -0.3 is 4.90 Å². The molecule has 126 valence electrons. The van der Waals surface area contributed by atoms with Crippen molar-refractivity contribution in [1.82, 2.24) is 19.6 Å². The predicted octanol–water partition coefficient (Wildman–Crippen LogP) is 2.03. The molecule has 2 aromatic heterocycles. The molecular formula is C16H19N5O2S. The smallest absolute Gasteiger partial charge is 0.254 e. The molecule has 1 aromatic carbocycles. The number of nitrogens with zero attached hydrogens (tertiary/aromatic N) is 5. The second-order valence-electron chi connectivity index (χ2n) is 5.86. The summed E-state index contributed by atoms with van der Waals surface area (Å²) in [6, 6.07) is 8.92. The number of anilines is 1. The number of fused-ring (bicyclic) bond motifs is 1. The quantitative estimate of drug-likeness (QED) is 0.720. The standard InChI is InChI=1S/C16H19N5O2S/c1-11-9-15(21-16(19-11)17-10-18-21)20(3)12(2)13-5-7-14(8-6-13)24(4,22)23/h5-10,12H,1-4H3. The summed E-state index contributed by atoms with van der Waals surface area (Å²) in [5.41, 5.74) is 1.87. The van der Waals surface area contributed by atoms with E-state index in [1.54, 1.807) is 16.6 Å². The van der Waals surface area contributed by atoms with Crippen molar-refractivity contribution in [1.29, 1.82) is 0 Å². The van der Waals surface area contributed by atoms with Gasteiger partial charge in [-0.2, -0.15) is 14.6 Å². The molecule has 24 heavy (non-hydrogen) atoms. The van der Waals surface area contributed by atoms with Crippen LogP contribution in [0.4, 0.5) is 5.82 Å². The summed E-state index contributed by atoms with van der Waals surface area (Å²) in [6.45, 7) is 3.96. The average molecular weight is 345 g/mol. The summed E-state index contributed by atoms with van der Waals surface area (Å²) < 4.78 is 24.9. The third kappa shape index (κ3) is 2.96. The molecule has 8 heteroatoms. The van der Waals surface area contributed by atoms with E-state index in [4.69, 9.17) is 0 Å². The molecule has 0 aliphatic heterocycles. The first-order chi connectivity index (χ1) is 11.3. The molecular weight excluding hydrogens is 326 g/mol. The lowest BCUT2D eigenvalue weighted by Crippen LogP contribution is -2.24. The van der Waals surface area contributed by atoms with Crippen molar-refractivity contribution >= 4 is 21.4 Å². The number of aromatic nitrogens is 4. The average Bonchev–Trinajstić information content (AvgIpc) is 3.00. The van der Waals surface area contributed by atoms with E-state index >= 15 is 0 Å². The minimum absolute atomic E-state index is 0.0211. The van der Waals surface area contributed by atoms with Gasteiger partial charge in [0.2, 0.25) is 0 Å². The van der Waals surface area contributed by atoms with Gasteiger partial charge in [0, 0.05) is 25.1 Å². The third-order valence-corrected chi connectivity index (χ3v) is 5.22. The van der Waals surface area contributed by atoms with E-state index in [-0.39, 0.29) is 6.04 Å². The SMILES string of the molecule is Cc1cc(N(C)C(C)c2ccc(S(C)(=O)=O)cc2)n2ncnc2n1. The Balaban J connectivity index is 1.97. The molecule has 0 amide bonds. The van der Waals surface area contributed by atoms with Crippen LogP contribution in [0, 0.1) is 6.92 Å². The zero-order valence-corrected chi connectivity index (χ0v) is 14.8. The van der Waals surface area contributed by atoms with Crippen molar-refractivity contribution in [3.63, 3.8) is 0 Å². The van der Waals surface area contributed by atoms with Gasteiger partial charge in [0.15, 0.2) is 9.84 Å². The second kappa shape index (κ2) is 5.86. The summed E-state index contributed by atoms with van der Waals surface area (Å²) in [4.78, 5) is 10.9. The Bertz CT molecular complexity index is 979. The van der Waals surface area contributed by atoms with Gasteiger partial charge in [0.1, 0.15) is 12.1 Å². The van der Waals surface area contributed by atoms with Crippen molar-refractivity contribution in [2.75, 3.05) is 18.2 Å². The van der Waals surface area contributed by atoms with E-state index in [0.29, 0.717) is 10.7 Å². The van der Waals surface area contributed by atoms with Crippen LogP contribution in [0.1, 0.15) is 24.2 Å². The van der Waals surface area contributed by atoms with Crippen molar-refractivity contribution < 1.29 is 8.42 Å². The zero-order chi connectivity index (χ0) is 17.5. The van der Waals surface area contributed by atoms with Crippen LogP contribution in [0.2, 0.25) is 0 Å². The van der Waals surface area contributed by atoms with Gasteiger partial charge in [-0.3, -0.25) is 0 Å². The lowest BCUT2D eigenvalue weighted by molar-refractivity contribution is 0.601. The first kappa shape index (κ1) is 16.4. The van der Waals surface area contributed by atoms with Gasteiger partial charge in [-0.25, -0.2) is 13.4 Å². The van der Waals surface area contributed by atoms with Crippen LogP contribution in [0.3, 0.4) is 0 Å². The van der Waals surface area contributed by atoms with Crippen LogP contribution in [-0.4, -0.2) is 41.3 Å². The van der Waals surface area contributed by atoms with E-state index in [1.165, 1.54) is 12.6 Å². The van der Waals surface area contributed by atoms with Crippen molar-refractivity contribution in [2.24, 2.45) is 0 Å². The van der Waals surface area contributed by atoms with Gasteiger partial charge in [-0.05, 0) is 31.5 Å². The molecule has 0 radical (unpaired) electrons. The highest BCUT2D eigenvalue weighted by Crippen LogP contribution is 2.26. The Morgan fingerprint density at radius 3 is 2.50 bits per heavy atom. The van der Waals surface area contributed by atoms with E-state index in [1.807, 2.05) is 39.1 Å². The van der Waals surface area contributed by atoms with Crippen LogP contribution >= 0.6 is 0 Å². The van der Waals surface area contributed by atoms with E-state index in [2.05, 4.69) is 20.0 Å². The Kier molecular flexibility index (Phi) is 4.00. The molecule has 0 bridgehead atoms. The molecule has 1 unspecified atom stereocenters. The molecule has 0 saturated carbocycles. The summed E-state index contributed by atoms with van der Waals surface area (Å²) in [5.74, 6) is 1.42. The maximum absolute atomic E-state index is 11.6. The third-order valence-electron chi connectivity index (χ3n) is 4.09. The fourth-order valence-corrected chi connectivity index (χ4v) is 3.21.